The Morgan fingerprint density at radius 2 is 2.11 bits per heavy atom. The summed E-state index contributed by atoms with van der Waals surface area (Å²) in [7, 11) is 0. The van der Waals surface area contributed by atoms with Gasteiger partial charge in [-0.15, -0.1) is 0 Å². The lowest BCUT2D eigenvalue weighted by molar-refractivity contribution is -0.163. The fourth-order valence-electron chi connectivity index (χ4n) is 1.75. The van der Waals surface area contributed by atoms with E-state index in [0.717, 1.165) is 0 Å². The van der Waals surface area contributed by atoms with Crippen LogP contribution in [0.3, 0.4) is 0 Å². The highest BCUT2D eigenvalue weighted by atomic mass is 19.4. The van der Waals surface area contributed by atoms with Gasteiger partial charge in [-0.1, -0.05) is 0 Å². The predicted molar refractivity (Wildman–Crippen MR) is 62.3 cm³/mol. The van der Waals surface area contributed by atoms with E-state index >= 15 is 0 Å². The number of nitrogens with one attached hydrogen (secondary N) is 2. The van der Waals surface area contributed by atoms with Gasteiger partial charge in [-0.3, -0.25) is 15.6 Å². The summed E-state index contributed by atoms with van der Waals surface area (Å²) in [4.78, 5) is 15.8. The number of hydrazine groups is 1. The molecule has 2 rings (SSSR count). The van der Waals surface area contributed by atoms with Gasteiger partial charge in [0.15, 0.2) is 0 Å². The lowest BCUT2D eigenvalue weighted by Crippen LogP contribution is -2.48. The van der Waals surface area contributed by atoms with E-state index in [-0.39, 0.29) is 24.1 Å². The van der Waals surface area contributed by atoms with Gasteiger partial charge in [0.1, 0.15) is 5.54 Å². The average molecular weight is 274 g/mol. The molecule has 0 saturated heterocycles. The summed E-state index contributed by atoms with van der Waals surface area (Å²) < 4.78 is 38.2. The third kappa shape index (κ3) is 2.48. The van der Waals surface area contributed by atoms with Crippen molar-refractivity contribution in [3.8, 4) is 0 Å². The number of nitrogens with zero attached hydrogens (tertiary/aromatic N) is 1. The standard InChI is InChI=1S/C11H13F3N4O/c1-6-4-8(18-15)7(5-16-6)9(19)17-10(2-3-10)11(12,13)14/h4-5H,2-3,15H2,1H3,(H,16,18)(H,17,19). The van der Waals surface area contributed by atoms with Crippen LogP contribution in [0.15, 0.2) is 12.3 Å². The van der Waals surface area contributed by atoms with E-state index in [9.17, 15) is 18.0 Å². The number of carbonyl (C=O) groups excluding carboxylic acids is 1. The Kier molecular flexibility index (Phi) is 3.13. The molecule has 0 spiro atoms. The molecule has 1 fully saturated rings. The van der Waals surface area contributed by atoms with E-state index in [1.54, 1.807) is 6.92 Å². The molecule has 1 amide bonds. The average Bonchev–Trinajstić information content (AvgIpc) is 3.08. The molecular weight excluding hydrogens is 261 g/mol. The lowest BCUT2D eigenvalue weighted by Gasteiger charge is -2.21. The molecule has 0 bridgehead atoms. The molecule has 19 heavy (non-hydrogen) atoms. The first-order chi connectivity index (χ1) is 8.79. The van der Waals surface area contributed by atoms with E-state index in [0.29, 0.717) is 5.69 Å². The number of hydrogen-bond donors (Lipinski definition) is 3. The number of nitrogen functional groups attached to an aromatic ring is 1. The summed E-state index contributed by atoms with van der Waals surface area (Å²) >= 11 is 0. The van der Waals surface area contributed by atoms with Crippen molar-refractivity contribution in [2.24, 2.45) is 5.84 Å². The highest BCUT2D eigenvalue weighted by Gasteiger charge is 2.64. The molecule has 1 aliphatic rings. The molecule has 0 aromatic carbocycles. The molecule has 5 nitrogen and oxygen atoms in total. The van der Waals surface area contributed by atoms with Crippen LogP contribution in [0.4, 0.5) is 18.9 Å². The third-order valence-corrected chi connectivity index (χ3v) is 3.09. The van der Waals surface area contributed by atoms with Gasteiger partial charge in [-0.05, 0) is 25.8 Å². The van der Waals surface area contributed by atoms with Gasteiger partial charge in [0.05, 0.1) is 11.3 Å². The number of halogens is 3. The summed E-state index contributed by atoms with van der Waals surface area (Å²) in [5.74, 6) is 4.40. The van der Waals surface area contributed by atoms with Crippen molar-refractivity contribution in [2.45, 2.75) is 31.5 Å². The van der Waals surface area contributed by atoms with Crippen LogP contribution in [0.5, 0.6) is 0 Å². The first-order valence-electron chi connectivity index (χ1n) is 5.61. The van der Waals surface area contributed by atoms with Crippen LogP contribution in [-0.4, -0.2) is 22.6 Å². The highest BCUT2D eigenvalue weighted by molar-refractivity contribution is 6.00. The van der Waals surface area contributed by atoms with Crippen molar-refractivity contribution >= 4 is 11.6 Å². The number of amides is 1. The Morgan fingerprint density at radius 1 is 1.47 bits per heavy atom. The van der Waals surface area contributed by atoms with Crippen molar-refractivity contribution in [3.05, 3.63) is 23.5 Å². The fraction of sp³-hybridized carbons (Fsp3) is 0.455. The van der Waals surface area contributed by atoms with Crippen LogP contribution >= 0.6 is 0 Å². The summed E-state index contributed by atoms with van der Waals surface area (Å²) in [6.45, 7) is 1.68. The maximum atomic E-state index is 12.7. The highest BCUT2D eigenvalue weighted by Crippen LogP contribution is 2.49. The van der Waals surface area contributed by atoms with Crippen molar-refractivity contribution in [1.82, 2.24) is 10.3 Å². The smallest absolute Gasteiger partial charge is 0.338 e. The second-order valence-electron chi connectivity index (χ2n) is 4.55. The number of rotatable bonds is 3. The number of alkyl halides is 3. The van der Waals surface area contributed by atoms with Gasteiger partial charge < -0.3 is 10.7 Å². The quantitative estimate of drug-likeness (QED) is 0.576. The molecule has 8 heteroatoms. The molecule has 0 atom stereocenters. The Labute approximate surface area is 107 Å². The predicted octanol–water partition coefficient (Wildman–Crippen LogP) is 1.50. The van der Waals surface area contributed by atoms with Crippen LogP contribution in [0.25, 0.3) is 0 Å². The van der Waals surface area contributed by atoms with Crippen LogP contribution in [-0.2, 0) is 0 Å². The van der Waals surface area contributed by atoms with Crippen LogP contribution in [0, 0.1) is 6.92 Å². The number of aromatic nitrogens is 1. The van der Waals surface area contributed by atoms with Gasteiger partial charge in [-0.2, -0.15) is 13.2 Å². The lowest BCUT2D eigenvalue weighted by atomic mass is 10.1. The zero-order valence-corrected chi connectivity index (χ0v) is 10.1. The fourth-order valence-corrected chi connectivity index (χ4v) is 1.75. The SMILES string of the molecule is Cc1cc(NN)c(C(=O)NC2(C(F)(F)F)CC2)cn1. The van der Waals surface area contributed by atoms with E-state index in [4.69, 9.17) is 5.84 Å². The molecule has 0 aliphatic heterocycles. The van der Waals surface area contributed by atoms with Crippen molar-refractivity contribution in [1.29, 1.82) is 0 Å². The number of nitrogens with two attached hydrogens (primary N) is 1. The third-order valence-electron chi connectivity index (χ3n) is 3.09. The molecule has 1 aromatic heterocycles. The van der Waals surface area contributed by atoms with Crippen LogP contribution < -0.4 is 16.6 Å². The van der Waals surface area contributed by atoms with Gasteiger partial charge in [0.2, 0.25) is 0 Å². The second-order valence-corrected chi connectivity index (χ2v) is 4.55. The normalized spacial score (nSPS) is 16.9. The number of carbonyl (C=O) groups is 1. The van der Waals surface area contributed by atoms with E-state index in [1.165, 1.54) is 12.3 Å². The molecule has 4 N–H and O–H groups in total. The number of anilines is 1. The zero-order valence-electron chi connectivity index (χ0n) is 10.1. The molecule has 0 unspecified atom stereocenters. The minimum atomic E-state index is -4.45. The van der Waals surface area contributed by atoms with E-state index in [2.05, 4.69) is 10.4 Å². The van der Waals surface area contributed by atoms with Gasteiger partial charge in [0, 0.05) is 11.9 Å². The Balaban J connectivity index is 2.22. The summed E-state index contributed by atoms with van der Waals surface area (Å²) in [6, 6.07) is 1.49. The van der Waals surface area contributed by atoms with E-state index < -0.39 is 17.6 Å². The molecule has 1 saturated carbocycles. The summed E-state index contributed by atoms with van der Waals surface area (Å²) in [5.41, 5.74) is 1.01. The van der Waals surface area contributed by atoms with Crippen molar-refractivity contribution in [3.63, 3.8) is 0 Å². The molecule has 104 valence electrons. The molecular formula is C11H13F3N4O. The molecule has 1 aromatic rings. The van der Waals surface area contributed by atoms with E-state index in [1.807, 2.05) is 5.32 Å². The number of aryl methyl sites for hydroxylation is 1. The Bertz CT molecular complexity index is 511. The monoisotopic (exact) mass is 274 g/mol. The van der Waals surface area contributed by atoms with Crippen LogP contribution in [0.1, 0.15) is 28.9 Å². The first kappa shape index (κ1) is 13.6. The van der Waals surface area contributed by atoms with Gasteiger partial charge in [-0.25, -0.2) is 0 Å². The number of hydrogen-bond acceptors (Lipinski definition) is 4. The topological polar surface area (TPSA) is 80.0 Å². The largest absolute Gasteiger partial charge is 0.411 e. The first-order valence-corrected chi connectivity index (χ1v) is 5.61. The maximum Gasteiger partial charge on any atom is 0.411 e. The van der Waals surface area contributed by atoms with Crippen molar-refractivity contribution < 1.29 is 18.0 Å². The Hall–Kier alpha value is -1.83. The van der Waals surface area contributed by atoms with Gasteiger partial charge >= 0.3 is 6.18 Å². The zero-order chi connectivity index (χ0) is 14.3. The number of pyridine rings is 1. The van der Waals surface area contributed by atoms with Crippen LogP contribution in [0.2, 0.25) is 0 Å². The maximum absolute atomic E-state index is 12.7. The van der Waals surface area contributed by atoms with Crippen molar-refractivity contribution in [2.75, 3.05) is 5.43 Å². The van der Waals surface area contributed by atoms with Gasteiger partial charge in [0.25, 0.3) is 5.91 Å². The second kappa shape index (κ2) is 4.37. The minimum absolute atomic E-state index is 0.0105. The summed E-state index contributed by atoms with van der Waals surface area (Å²) in [5, 5.41) is 2.02. The minimum Gasteiger partial charge on any atom is -0.338 e. The summed E-state index contributed by atoms with van der Waals surface area (Å²) in [6.07, 6.45) is -3.46. The Morgan fingerprint density at radius 3 is 2.58 bits per heavy atom. The molecule has 1 heterocycles. The molecule has 0 radical (unpaired) electrons. The molecule has 1 aliphatic carbocycles.